The van der Waals surface area contributed by atoms with E-state index in [1.807, 2.05) is 0 Å². The van der Waals surface area contributed by atoms with E-state index in [0.29, 0.717) is 12.6 Å². The van der Waals surface area contributed by atoms with Crippen molar-refractivity contribution in [2.75, 3.05) is 17.2 Å². The number of carbonyl (C=O) groups excluding carboxylic acids is 1. The Morgan fingerprint density at radius 1 is 1.25 bits per heavy atom. The summed E-state index contributed by atoms with van der Waals surface area (Å²) in [4.78, 5) is 19.3. The fourth-order valence-electron chi connectivity index (χ4n) is 1.85. The van der Waals surface area contributed by atoms with E-state index < -0.39 is 35.5 Å². The second-order valence-corrected chi connectivity index (χ2v) is 4.67. The van der Waals surface area contributed by atoms with E-state index in [2.05, 4.69) is 27.2 Å². The van der Waals surface area contributed by atoms with Crippen LogP contribution in [0.3, 0.4) is 0 Å². The summed E-state index contributed by atoms with van der Waals surface area (Å²) in [5, 5.41) is 5.36. The molecule has 4 N–H and O–H groups in total. The van der Waals surface area contributed by atoms with Gasteiger partial charge in [-0.15, -0.1) is 6.58 Å². The van der Waals surface area contributed by atoms with Gasteiger partial charge >= 0.3 is 0 Å². The maximum Gasteiger partial charge on any atom is 0.254 e. The normalized spacial score (nSPS) is 10.3. The van der Waals surface area contributed by atoms with Crippen molar-refractivity contribution in [3.05, 3.63) is 59.6 Å². The molecule has 6 nitrogen and oxygen atoms in total. The highest BCUT2D eigenvalue weighted by Crippen LogP contribution is 2.19. The van der Waals surface area contributed by atoms with Crippen LogP contribution in [0.1, 0.15) is 15.9 Å². The number of halogens is 3. The molecule has 0 atom stereocenters. The van der Waals surface area contributed by atoms with Crippen LogP contribution in [0.4, 0.5) is 24.9 Å². The van der Waals surface area contributed by atoms with Crippen LogP contribution in [0.15, 0.2) is 31.0 Å². The molecule has 0 saturated carbocycles. The van der Waals surface area contributed by atoms with E-state index in [1.165, 1.54) is 6.20 Å². The predicted octanol–water partition coefficient (Wildman–Crippen LogP) is 2.20. The van der Waals surface area contributed by atoms with E-state index >= 15 is 0 Å². The van der Waals surface area contributed by atoms with Gasteiger partial charge < -0.3 is 16.4 Å². The molecule has 24 heavy (non-hydrogen) atoms. The second kappa shape index (κ2) is 7.44. The van der Waals surface area contributed by atoms with Crippen LogP contribution in [0, 0.1) is 17.5 Å². The Kier molecular flexibility index (Phi) is 5.35. The third-order valence-corrected chi connectivity index (χ3v) is 3.03. The summed E-state index contributed by atoms with van der Waals surface area (Å²) in [5.41, 5.74) is 4.62. The van der Waals surface area contributed by atoms with Crippen molar-refractivity contribution in [1.29, 1.82) is 0 Å². The smallest absolute Gasteiger partial charge is 0.254 e. The van der Waals surface area contributed by atoms with Gasteiger partial charge in [0.05, 0.1) is 5.56 Å². The lowest BCUT2D eigenvalue weighted by molar-refractivity contribution is 0.100. The average Bonchev–Trinajstić information content (AvgIpc) is 2.56. The molecule has 2 aromatic rings. The molecule has 0 aliphatic carbocycles. The zero-order valence-corrected chi connectivity index (χ0v) is 12.4. The van der Waals surface area contributed by atoms with Crippen molar-refractivity contribution in [2.24, 2.45) is 5.73 Å². The Labute approximate surface area is 135 Å². The maximum atomic E-state index is 13.7. The highest BCUT2D eigenvalue weighted by molar-refractivity contribution is 5.97. The van der Waals surface area contributed by atoms with Crippen LogP contribution < -0.4 is 16.4 Å². The Bertz CT molecular complexity index is 782. The van der Waals surface area contributed by atoms with Gasteiger partial charge in [0.25, 0.3) is 5.91 Å². The molecule has 0 fully saturated rings. The number of primary amides is 1. The molecule has 9 heteroatoms. The topological polar surface area (TPSA) is 92.9 Å². The monoisotopic (exact) mass is 337 g/mol. The van der Waals surface area contributed by atoms with E-state index in [1.54, 1.807) is 6.08 Å². The lowest BCUT2D eigenvalue weighted by atomic mass is 10.2. The van der Waals surface area contributed by atoms with Crippen molar-refractivity contribution in [3.63, 3.8) is 0 Å². The molecule has 1 heterocycles. The number of carbonyl (C=O) groups is 1. The fraction of sp³-hybridized carbons (Fsp3) is 0.133. The summed E-state index contributed by atoms with van der Waals surface area (Å²) < 4.78 is 40.5. The molecule has 1 amide bonds. The number of nitrogens with one attached hydrogen (secondary N) is 2. The largest absolute Gasteiger partial charge is 0.365 e. The highest BCUT2D eigenvalue weighted by atomic mass is 19.2. The standard InChI is InChI=1S/C15H14F3N5O/c1-2-5-20-15-22-7-9(13(19)24)14(23-15)21-6-8-10(16)3-4-11(17)12(8)18/h2-4,7H,1,5-6H2,(H2,19,24)(H2,20,21,22,23). The number of rotatable bonds is 7. The summed E-state index contributed by atoms with van der Waals surface area (Å²) >= 11 is 0. The molecule has 0 aliphatic rings. The number of hydrogen-bond acceptors (Lipinski definition) is 5. The molecule has 2 rings (SSSR count). The number of amides is 1. The second-order valence-electron chi connectivity index (χ2n) is 4.67. The number of anilines is 2. The first kappa shape index (κ1) is 17.3. The molecule has 126 valence electrons. The first-order valence-electron chi connectivity index (χ1n) is 6.82. The Balaban J connectivity index is 2.29. The van der Waals surface area contributed by atoms with Gasteiger partial charge in [-0.05, 0) is 12.1 Å². The quantitative estimate of drug-likeness (QED) is 0.532. The first-order chi connectivity index (χ1) is 11.4. The van der Waals surface area contributed by atoms with Crippen molar-refractivity contribution in [2.45, 2.75) is 6.54 Å². The van der Waals surface area contributed by atoms with Gasteiger partial charge in [0.2, 0.25) is 5.95 Å². The predicted molar refractivity (Wildman–Crippen MR) is 82.9 cm³/mol. The van der Waals surface area contributed by atoms with Gasteiger partial charge in [-0.1, -0.05) is 6.08 Å². The molecule has 1 aromatic heterocycles. The van der Waals surface area contributed by atoms with Crippen LogP contribution >= 0.6 is 0 Å². The van der Waals surface area contributed by atoms with Gasteiger partial charge in [-0.25, -0.2) is 18.2 Å². The minimum atomic E-state index is -1.32. The van der Waals surface area contributed by atoms with Crippen molar-refractivity contribution >= 4 is 17.7 Å². The lowest BCUT2D eigenvalue weighted by Gasteiger charge is -2.12. The molecule has 0 saturated heterocycles. The molecule has 0 bridgehead atoms. The van der Waals surface area contributed by atoms with Crippen LogP contribution in [-0.4, -0.2) is 22.4 Å². The Morgan fingerprint density at radius 2 is 1.96 bits per heavy atom. The average molecular weight is 337 g/mol. The fourth-order valence-corrected chi connectivity index (χ4v) is 1.85. The van der Waals surface area contributed by atoms with E-state index in [-0.39, 0.29) is 17.3 Å². The zero-order chi connectivity index (χ0) is 17.7. The summed E-state index contributed by atoms with van der Waals surface area (Å²) in [6.07, 6.45) is 2.73. The molecule has 0 unspecified atom stereocenters. The van der Waals surface area contributed by atoms with Crippen LogP contribution in [0.5, 0.6) is 0 Å². The number of hydrogen-bond donors (Lipinski definition) is 3. The van der Waals surface area contributed by atoms with Gasteiger partial charge in [0, 0.05) is 24.8 Å². The van der Waals surface area contributed by atoms with Gasteiger partial charge in [0.1, 0.15) is 11.6 Å². The highest BCUT2D eigenvalue weighted by Gasteiger charge is 2.16. The molecule has 0 aliphatic heterocycles. The van der Waals surface area contributed by atoms with Gasteiger partial charge in [-0.2, -0.15) is 4.98 Å². The summed E-state index contributed by atoms with van der Waals surface area (Å²) in [7, 11) is 0. The Morgan fingerprint density at radius 3 is 2.62 bits per heavy atom. The molecule has 0 radical (unpaired) electrons. The minimum Gasteiger partial charge on any atom is -0.365 e. The van der Waals surface area contributed by atoms with E-state index in [0.717, 1.165) is 6.07 Å². The molecular formula is C15H14F3N5O. The minimum absolute atomic E-state index is 0.0351. The summed E-state index contributed by atoms with van der Waals surface area (Å²) in [6.45, 7) is 3.45. The van der Waals surface area contributed by atoms with Crippen molar-refractivity contribution in [1.82, 2.24) is 9.97 Å². The molecular weight excluding hydrogens is 323 g/mol. The van der Waals surface area contributed by atoms with Gasteiger partial charge in [0.15, 0.2) is 11.6 Å². The maximum absolute atomic E-state index is 13.7. The first-order valence-corrected chi connectivity index (χ1v) is 6.82. The number of benzene rings is 1. The SMILES string of the molecule is C=CCNc1ncc(C(N)=O)c(NCc2c(F)ccc(F)c2F)n1. The number of aromatic nitrogens is 2. The molecule has 1 aromatic carbocycles. The van der Waals surface area contributed by atoms with Crippen molar-refractivity contribution in [3.8, 4) is 0 Å². The van der Waals surface area contributed by atoms with E-state index in [9.17, 15) is 18.0 Å². The van der Waals surface area contributed by atoms with Crippen LogP contribution in [0.2, 0.25) is 0 Å². The van der Waals surface area contributed by atoms with Crippen LogP contribution in [0.25, 0.3) is 0 Å². The van der Waals surface area contributed by atoms with E-state index in [4.69, 9.17) is 5.73 Å². The molecule has 0 spiro atoms. The third kappa shape index (κ3) is 3.80. The Hall–Kier alpha value is -3.10. The number of nitrogens with two attached hydrogens (primary N) is 1. The zero-order valence-electron chi connectivity index (χ0n) is 12.4. The van der Waals surface area contributed by atoms with Crippen molar-refractivity contribution < 1.29 is 18.0 Å². The lowest BCUT2D eigenvalue weighted by Crippen LogP contribution is -2.18. The third-order valence-electron chi connectivity index (χ3n) is 3.03. The summed E-state index contributed by atoms with van der Waals surface area (Å²) in [5.74, 6) is -4.13. The van der Waals surface area contributed by atoms with Gasteiger partial charge in [-0.3, -0.25) is 4.79 Å². The summed E-state index contributed by atoms with van der Waals surface area (Å²) in [6, 6.07) is 1.49. The van der Waals surface area contributed by atoms with Crippen LogP contribution in [-0.2, 0) is 6.54 Å². The number of nitrogens with zero attached hydrogens (tertiary/aromatic N) is 2.